The first-order valence-electron chi connectivity index (χ1n) is 7.45. The Kier molecular flexibility index (Phi) is 13.0. The summed E-state index contributed by atoms with van der Waals surface area (Å²) in [4.78, 5) is 4.20. The van der Waals surface area contributed by atoms with Crippen molar-refractivity contribution in [2.75, 3.05) is 40.5 Å². The zero-order valence-corrected chi connectivity index (χ0v) is 16.1. The molecule has 0 fully saturated rings. The topological polar surface area (TPSA) is 54.9 Å². The van der Waals surface area contributed by atoms with Crippen LogP contribution in [0.15, 0.2) is 29.3 Å². The molecule has 0 bridgehead atoms. The molecular formula is C16H28IN3O2. The third kappa shape index (κ3) is 9.09. The second-order valence-corrected chi connectivity index (χ2v) is 4.57. The second-order valence-electron chi connectivity index (χ2n) is 4.57. The van der Waals surface area contributed by atoms with E-state index in [1.54, 1.807) is 14.2 Å². The number of rotatable bonds is 9. The molecule has 0 amide bonds. The first kappa shape index (κ1) is 21.0. The van der Waals surface area contributed by atoms with Crippen LogP contribution in [-0.2, 0) is 11.2 Å². The third-order valence-corrected chi connectivity index (χ3v) is 3.05. The van der Waals surface area contributed by atoms with Gasteiger partial charge in [0.05, 0.1) is 7.11 Å². The number of nitrogens with one attached hydrogen (secondary N) is 2. The fraction of sp³-hybridized carbons (Fsp3) is 0.562. The predicted octanol–water partition coefficient (Wildman–Crippen LogP) is 2.45. The van der Waals surface area contributed by atoms with Crippen molar-refractivity contribution in [3.63, 3.8) is 0 Å². The van der Waals surface area contributed by atoms with E-state index in [1.165, 1.54) is 5.56 Å². The van der Waals surface area contributed by atoms with E-state index in [0.717, 1.165) is 50.9 Å². The van der Waals surface area contributed by atoms with E-state index in [0.29, 0.717) is 0 Å². The zero-order chi connectivity index (χ0) is 15.3. The van der Waals surface area contributed by atoms with Crippen LogP contribution in [0.2, 0.25) is 0 Å². The van der Waals surface area contributed by atoms with Gasteiger partial charge in [-0.2, -0.15) is 0 Å². The Bertz CT molecular complexity index is 410. The molecule has 1 aromatic rings. The van der Waals surface area contributed by atoms with Crippen molar-refractivity contribution in [3.05, 3.63) is 29.8 Å². The number of hydrogen-bond acceptors (Lipinski definition) is 3. The molecule has 0 radical (unpaired) electrons. The summed E-state index contributed by atoms with van der Waals surface area (Å²) in [6.45, 7) is 5.27. The normalized spacial score (nSPS) is 10.8. The third-order valence-electron chi connectivity index (χ3n) is 3.05. The molecule has 1 rings (SSSR count). The van der Waals surface area contributed by atoms with E-state index < -0.39 is 0 Å². The van der Waals surface area contributed by atoms with Gasteiger partial charge in [-0.3, -0.25) is 4.99 Å². The second kappa shape index (κ2) is 13.6. The molecule has 0 saturated heterocycles. The van der Waals surface area contributed by atoms with Crippen LogP contribution in [0.4, 0.5) is 0 Å². The molecular weight excluding hydrogens is 393 g/mol. The van der Waals surface area contributed by atoms with Gasteiger partial charge >= 0.3 is 0 Å². The van der Waals surface area contributed by atoms with Crippen LogP contribution in [0.25, 0.3) is 0 Å². The average molecular weight is 421 g/mol. The summed E-state index contributed by atoms with van der Waals surface area (Å²) < 4.78 is 10.4. The largest absolute Gasteiger partial charge is 0.497 e. The summed E-state index contributed by atoms with van der Waals surface area (Å²) in [6, 6.07) is 8.13. The monoisotopic (exact) mass is 421 g/mol. The van der Waals surface area contributed by atoms with Crippen molar-refractivity contribution in [2.45, 2.75) is 19.8 Å². The molecule has 2 N–H and O–H groups in total. The number of nitrogens with zero attached hydrogens (tertiary/aromatic N) is 1. The number of halogens is 1. The lowest BCUT2D eigenvalue weighted by atomic mass is 10.1. The minimum Gasteiger partial charge on any atom is -0.497 e. The lowest BCUT2D eigenvalue weighted by Crippen LogP contribution is -2.39. The number of hydrogen-bond donors (Lipinski definition) is 2. The van der Waals surface area contributed by atoms with Gasteiger partial charge in [0, 0.05) is 33.4 Å². The van der Waals surface area contributed by atoms with E-state index in [1.807, 2.05) is 19.1 Å². The van der Waals surface area contributed by atoms with Gasteiger partial charge < -0.3 is 20.1 Å². The average Bonchev–Trinajstić information content (AvgIpc) is 2.53. The van der Waals surface area contributed by atoms with E-state index in [-0.39, 0.29) is 24.0 Å². The number of benzene rings is 1. The van der Waals surface area contributed by atoms with Gasteiger partial charge in [-0.25, -0.2) is 0 Å². The molecule has 0 aliphatic heterocycles. The van der Waals surface area contributed by atoms with Gasteiger partial charge in [-0.15, -0.1) is 24.0 Å². The summed E-state index contributed by atoms with van der Waals surface area (Å²) in [5.74, 6) is 1.72. The van der Waals surface area contributed by atoms with E-state index in [4.69, 9.17) is 9.47 Å². The van der Waals surface area contributed by atoms with Crippen molar-refractivity contribution in [2.24, 2.45) is 4.99 Å². The molecule has 0 aromatic heterocycles. The summed E-state index contributed by atoms with van der Waals surface area (Å²) in [7, 11) is 3.46. The molecule has 22 heavy (non-hydrogen) atoms. The molecule has 0 heterocycles. The lowest BCUT2D eigenvalue weighted by Gasteiger charge is -2.12. The quantitative estimate of drug-likeness (QED) is 0.279. The van der Waals surface area contributed by atoms with Crippen molar-refractivity contribution in [1.82, 2.24) is 10.6 Å². The zero-order valence-electron chi connectivity index (χ0n) is 13.7. The smallest absolute Gasteiger partial charge is 0.190 e. The molecule has 126 valence electrons. The number of aliphatic imine (C=N–C) groups is 1. The van der Waals surface area contributed by atoms with Gasteiger partial charge in [-0.05, 0) is 37.5 Å². The van der Waals surface area contributed by atoms with Crippen molar-refractivity contribution < 1.29 is 9.47 Å². The van der Waals surface area contributed by atoms with Crippen LogP contribution in [0.1, 0.15) is 18.9 Å². The van der Waals surface area contributed by atoms with Crippen molar-refractivity contribution >= 4 is 29.9 Å². The maximum Gasteiger partial charge on any atom is 0.190 e. The van der Waals surface area contributed by atoms with Crippen molar-refractivity contribution in [1.29, 1.82) is 0 Å². The van der Waals surface area contributed by atoms with Crippen LogP contribution in [0, 0.1) is 0 Å². The first-order chi connectivity index (χ1) is 10.3. The fourth-order valence-corrected chi connectivity index (χ4v) is 1.86. The minimum atomic E-state index is 0. The summed E-state index contributed by atoms with van der Waals surface area (Å²) in [5, 5.41) is 6.58. The van der Waals surface area contributed by atoms with Gasteiger partial charge in [0.15, 0.2) is 5.96 Å². The van der Waals surface area contributed by atoms with E-state index >= 15 is 0 Å². The Morgan fingerprint density at radius 2 is 1.82 bits per heavy atom. The predicted molar refractivity (Wildman–Crippen MR) is 103 cm³/mol. The van der Waals surface area contributed by atoms with Crippen LogP contribution >= 0.6 is 24.0 Å². The fourth-order valence-electron chi connectivity index (χ4n) is 1.86. The molecule has 0 atom stereocenters. The molecule has 0 aliphatic rings. The molecule has 0 spiro atoms. The Labute approximate surface area is 150 Å². The molecule has 6 heteroatoms. The SMILES string of the molecule is CCOCCCNC(=NC)NCCc1ccc(OC)cc1.I. The Hall–Kier alpha value is -1.02. The van der Waals surface area contributed by atoms with Crippen LogP contribution in [0.3, 0.4) is 0 Å². The molecule has 1 aromatic carbocycles. The molecule has 0 saturated carbocycles. The minimum absolute atomic E-state index is 0. The maximum absolute atomic E-state index is 5.30. The molecule has 0 unspecified atom stereocenters. The van der Waals surface area contributed by atoms with Gasteiger partial charge in [0.25, 0.3) is 0 Å². The Morgan fingerprint density at radius 3 is 2.41 bits per heavy atom. The van der Waals surface area contributed by atoms with Gasteiger partial charge in [0.2, 0.25) is 0 Å². The van der Waals surface area contributed by atoms with Gasteiger partial charge in [-0.1, -0.05) is 12.1 Å². The van der Waals surface area contributed by atoms with Crippen molar-refractivity contribution in [3.8, 4) is 5.75 Å². The van der Waals surface area contributed by atoms with Crippen LogP contribution in [0.5, 0.6) is 5.75 Å². The number of ether oxygens (including phenoxy) is 2. The maximum atomic E-state index is 5.30. The lowest BCUT2D eigenvalue weighted by molar-refractivity contribution is 0.145. The highest BCUT2D eigenvalue weighted by Gasteiger charge is 1.98. The standard InChI is InChI=1S/C16H27N3O2.HI/c1-4-21-13-5-11-18-16(17-2)19-12-10-14-6-8-15(20-3)9-7-14;/h6-9H,4-5,10-13H2,1-3H3,(H2,17,18,19);1H. The highest BCUT2D eigenvalue weighted by atomic mass is 127. The highest BCUT2D eigenvalue weighted by Crippen LogP contribution is 2.11. The summed E-state index contributed by atoms with van der Waals surface area (Å²) >= 11 is 0. The number of guanidine groups is 1. The number of methoxy groups -OCH3 is 1. The Balaban J connectivity index is 0.00000441. The van der Waals surface area contributed by atoms with E-state index in [2.05, 4.69) is 27.8 Å². The highest BCUT2D eigenvalue weighted by molar-refractivity contribution is 14.0. The van der Waals surface area contributed by atoms with E-state index in [9.17, 15) is 0 Å². The Morgan fingerprint density at radius 1 is 1.14 bits per heavy atom. The molecule has 0 aliphatic carbocycles. The summed E-state index contributed by atoms with van der Waals surface area (Å²) in [5.41, 5.74) is 1.27. The van der Waals surface area contributed by atoms with Crippen LogP contribution in [-0.4, -0.2) is 46.4 Å². The summed E-state index contributed by atoms with van der Waals surface area (Å²) in [6.07, 6.45) is 1.93. The van der Waals surface area contributed by atoms with Gasteiger partial charge in [0.1, 0.15) is 5.75 Å². The first-order valence-corrected chi connectivity index (χ1v) is 7.45. The molecule has 5 nitrogen and oxygen atoms in total. The van der Waals surface area contributed by atoms with Crippen LogP contribution < -0.4 is 15.4 Å².